The van der Waals surface area contributed by atoms with Crippen molar-refractivity contribution in [3.63, 3.8) is 0 Å². The number of carbonyl (C=O) groups excluding carboxylic acids is 2. The smallest absolute Gasteiger partial charge is 0.338 e. The number of nitrogens with two attached hydrogens (primary N) is 1. The summed E-state index contributed by atoms with van der Waals surface area (Å²) in [5.74, 6) is -1.03. The Labute approximate surface area is 158 Å². The highest BCUT2D eigenvalue weighted by atomic mass is 32.2. The highest BCUT2D eigenvalue weighted by Crippen LogP contribution is 2.15. The first-order chi connectivity index (χ1) is 12.6. The lowest BCUT2D eigenvalue weighted by molar-refractivity contribution is -0.124. The van der Waals surface area contributed by atoms with Crippen molar-refractivity contribution in [3.05, 3.63) is 64.7 Å². The molecule has 0 aromatic heterocycles. The molecule has 1 atom stereocenters. The van der Waals surface area contributed by atoms with Crippen molar-refractivity contribution in [3.8, 4) is 0 Å². The number of sulfonamides is 1. The van der Waals surface area contributed by atoms with Crippen LogP contribution in [0.5, 0.6) is 0 Å². The van der Waals surface area contributed by atoms with E-state index in [1.54, 1.807) is 31.2 Å². The van der Waals surface area contributed by atoms with Gasteiger partial charge in [-0.15, -0.1) is 0 Å². The average Bonchev–Trinajstić information content (AvgIpc) is 2.58. The monoisotopic (exact) mass is 390 g/mol. The molecule has 0 unspecified atom stereocenters. The van der Waals surface area contributed by atoms with Crippen LogP contribution in [0.4, 0.5) is 0 Å². The van der Waals surface area contributed by atoms with Gasteiger partial charge in [-0.25, -0.2) is 18.4 Å². The number of esters is 1. The maximum atomic E-state index is 12.1. The molecule has 0 aliphatic carbocycles. The topological polar surface area (TPSA) is 116 Å². The molecule has 0 radical (unpaired) electrons. The Balaban J connectivity index is 1.92. The number of amides is 1. The van der Waals surface area contributed by atoms with Crippen LogP contribution in [0.25, 0.3) is 0 Å². The molecular formula is C19H22N2O5S. The minimum Gasteiger partial charge on any atom is -0.452 e. The minimum absolute atomic E-state index is 0.00726. The maximum Gasteiger partial charge on any atom is 0.338 e. The number of benzene rings is 2. The van der Waals surface area contributed by atoms with E-state index in [1.807, 2.05) is 19.9 Å². The molecular weight excluding hydrogens is 368 g/mol. The van der Waals surface area contributed by atoms with Crippen molar-refractivity contribution in [2.24, 2.45) is 5.14 Å². The van der Waals surface area contributed by atoms with Crippen LogP contribution in [0, 0.1) is 13.8 Å². The summed E-state index contributed by atoms with van der Waals surface area (Å²) < 4.78 is 27.6. The Bertz CT molecular complexity index is 932. The van der Waals surface area contributed by atoms with Crippen molar-refractivity contribution in [2.75, 3.05) is 6.61 Å². The van der Waals surface area contributed by atoms with Gasteiger partial charge in [-0.3, -0.25) is 4.79 Å². The molecule has 0 bridgehead atoms. The number of hydrogen-bond donors (Lipinski definition) is 2. The Morgan fingerprint density at radius 1 is 1.07 bits per heavy atom. The Morgan fingerprint density at radius 3 is 2.15 bits per heavy atom. The van der Waals surface area contributed by atoms with Crippen LogP contribution in [0.3, 0.4) is 0 Å². The summed E-state index contributed by atoms with van der Waals surface area (Å²) in [7, 11) is -3.76. The first kappa shape index (κ1) is 20.6. The summed E-state index contributed by atoms with van der Waals surface area (Å²) in [6.07, 6.45) is 0. The van der Waals surface area contributed by atoms with Gasteiger partial charge in [0.05, 0.1) is 16.5 Å². The zero-order valence-electron chi connectivity index (χ0n) is 15.4. The predicted molar refractivity (Wildman–Crippen MR) is 101 cm³/mol. The number of carbonyl (C=O) groups is 2. The number of ether oxygens (including phenoxy) is 1. The van der Waals surface area contributed by atoms with Crippen LogP contribution < -0.4 is 10.5 Å². The summed E-state index contributed by atoms with van der Waals surface area (Å²) in [5.41, 5.74) is 2.95. The molecule has 27 heavy (non-hydrogen) atoms. The van der Waals surface area contributed by atoms with Crippen molar-refractivity contribution in [2.45, 2.75) is 31.7 Å². The molecule has 0 spiro atoms. The maximum absolute atomic E-state index is 12.1. The molecule has 0 fully saturated rings. The van der Waals surface area contributed by atoms with E-state index in [-0.39, 0.29) is 4.90 Å². The molecule has 7 nitrogen and oxygen atoms in total. The van der Waals surface area contributed by atoms with Gasteiger partial charge < -0.3 is 10.1 Å². The number of aryl methyl sites for hydroxylation is 2. The molecule has 1 amide bonds. The largest absolute Gasteiger partial charge is 0.452 e. The number of primary sulfonamides is 1. The van der Waals surface area contributed by atoms with Crippen molar-refractivity contribution < 1.29 is 22.7 Å². The standard InChI is InChI=1S/C19H22N2O5S/c1-12-8-13(2)10-16(9-12)19(23)26-11-18(22)21-14(3)15-4-6-17(7-5-15)27(20,24)25/h4-10,14H,11H2,1-3H3,(H,21,22)(H2,20,24,25)/t14-/m1/s1. The Morgan fingerprint density at radius 2 is 1.63 bits per heavy atom. The summed E-state index contributed by atoms with van der Waals surface area (Å²) in [6, 6.07) is 10.8. The lowest BCUT2D eigenvalue weighted by Crippen LogP contribution is -2.31. The summed E-state index contributed by atoms with van der Waals surface area (Å²) >= 11 is 0. The Hall–Kier alpha value is -2.71. The van der Waals surface area contributed by atoms with E-state index in [0.717, 1.165) is 11.1 Å². The highest BCUT2D eigenvalue weighted by Gasteiger charge is 2.15. The fraction of sp³-hybridized carbons (Fsp3) is 0.263. The first-order valence-electron chi connectivity index (χ1n) is 8.24. The SMILES string of the molecule is Cc1cc(C)cc(C(=O)OCC(=O)N[C@H](C)c2ccc(S(N)(=O)=O)cc2)c1. The van der Waals surface area contributed by atoms with Gasteiger partial charge in [0.1, 0.15) is 0 Å². The van der Waals surface area contributed by atoms with E-state index < -0.39 is 34.5 Å². The number of hydrogen-bond acceptors (Lipinski definition) is 5. The fourth-order valence-electron chi connectivity index (χ4n) is 2.62. The lowest BCUT2D eigenvalue weighted by Gasteiger charge is -2.15. The van der Waals surface area contributed by atoms with Gasteiger partial charge in [-0.2, -0.15) is 0 Å². The molecule has 144 valence electrons. The third-order valence-corrected chi connectivity index (χ3v) is 4.81. The molecule has 2 rings (SSSR count). The quantitative estimate of drug-likeness (QED) is 0.732. The second-order valence-corrected chi connectivity index (χ2v) is 7.92. The lowest BCUT2D eigenvalue weighted by atomic mass is 10.1. The van der Waals surface area contributed by atoms with Crippen molar-refractivity contribution >= 4 is 21.9 Å². The molecule has 2 aromatic carbocycles. The van der Waals surface area contributed by atoms with Crippen LogP contribution in [-0.4, -0.2) is 26.9 Å². The molecule has 2 aromatic rings. The van der Waals surface area contributed by atoms with Crippen molar-refractivity contribution in [1.82, 2.24) is 5.32 Å². The second-order valence-electron chi connectivity index (χ2n) is 6.36. The number of nitrogens with one attached hydrogen (secondary N) is 1. The normalized spacial score (nSPS) is 12.3. The van der Waals surface area contributed by atoms with Gasteiger partial charge in [0.2, 0.25) is 10.0 Å². The molecule has 0 saturated heterocycles. The first-order valence-corrected chi connectivity index (χ1v) is 9.78. The second kappa shape index (κ2) is 8.32. The van der Waals surface area contributed by atoms with Crippen LogP contribution in [0.2, 0.25) is 0 Å². The van der Waals surface area contributed by atoms with Gasteiger partial charge in [-0.1, -0.05) is 29.3 Å². The summed E-state index contributed by atoms with van der Waals surface area (Å²) in [6.45, 7) is 5.07. The van der Waals surface area contributed by atoms with Gasteiger partial charge in [0, 0.05) is 0 Å². The van der Waals surface area contributed by atoms with Gasteiger partial charge in [-0.05, 0) is 50.6 Å². The van der Waals surface area contributed by atoms with E-state index in [1.165, 1.54) is 12.1 Å². The Kier molecular flexibility index (Phi) is 6.35. The highest BCUT2D eigenvalue weighted by molar-refractivity contribution is 7.89. The third-order valence-electron chi connectivity index (χ3n) is 3.88. The van der Waals surface area contributed by atoms with E-state index in [2.05, 4.69) is 5.32 Å². The average molecular weight is 390 g/mol. The fourth-order valence-corrected chi connectivity index (χ4v) is 3.14. The van der Waals surface area contributed by atoms with Gasteiger partial charge in [0.25, 0.3) is 5.91 Å². The predicted octanol–water partition coefficient (Wildman–Crippen LogP) is 1.99. The third kappa shape index (κ3) is 5.90. The van der Waals surface area contributed by atoms with Gasteiger partial charge >= 0.3 is 5.97 Å². The van der Waals surface area contributed by atoms with E-state index >= 15 is 0 Å². The van der Waals surface area contributed by atoms with E-state index in [4.69, 9.17) is 9.88 Å². The van der Waals surface area contributed by atoms with E-state index in [0.29, 0.717) is 11.1 Å². The zero-order valence-corrected chi connectivity index (χ0v) is 16.2. The van der Waals surface area contributed by atoms with Crippen LogP contribution in [0.15, 0.2) is 47.4 Å². The molecule has 3 N–H and O–H groups in total. The molecule has 0 aliphatic heterocycles. The summed E-state index contributed by atoms with van der Waals surface area (Å²) in [5, 5.41) is 7.74. The van der Waals surface area contributed by atoms with Gasteiger partial charge in [0.15, 0.2) is 6.61 Å². The minimum atomic E-state index is -3.76. The van der Waals surface area contributed by atoms with Crippen LogP contribution in [0.1, 0.15) is 40.0 Å². The van der Waals surface area contributed by atoms with Crippen LogP contribution >= 0.6 is 0 Å². The zero-order chi connectivity index (χ0) is 20.2. The molecule has 0 aliphatic rings. The summed E-state index contributed by atoms with van der Waals surface area (Å²) in [4.78, 5) is 24.1. The molecule has 0 heterocycles. The van der Waals surface area contributed by atoms with Crippen molar-refractivity contribution in [1.29, 1.82) is 0 Å². The van der Waals surface area contributed by atoms with E-state index in [9.17, 15) is 18.0 Å². The van der Waals surface area contributed by atoms with Crippen LogP contribution in [-0.2, 0) is 19.6 Å². The molecule has 8 heteroatoms. The number of rotatable bonds is 6. The molecule has 0 saturated carbocycles.